The summed E-state index contributed by atoms with van der Waals surface area (Å²) in [6.45, 7) is 12.5. The van der Waals surface area contributed by atoms with Crippen molar-refractivity contribution in [3.8, 4) is 17.2 Å². The number of rotatable bonds is 18. The lowest BCUT2D eigenvalue weighted by Gasteiger charge is -2.15. The summed E-state index contributed by atoms with van der Waals surface area (Å²) in [5, 5.41) is 3.44. The molecule has 0 spiro atoms. The maximum Gasteiger partial charge on any atom is 0.203 e. The molecule has 1 rings (SSSR count). The summed E-state index contributed by atoms with van der Waals surface area (Å²) < 4.78 is 16.2. The smallest absolute Gasteiger partial charge is 0.203 e. The van der Waals surface area contributed by atoms with Crippen LogP contribution in [0.2, 0.25) is 0 Å². The molecule has 1 N–H and O–H groups in total. The van der Waals surface area contributed by atoms with Crippen LogP contribution in [0.1, 0.15) is 92.4 Å². The summed E-state index contributed by atoms with van der Waals surface area (Å²) >= 11 is 0. The number of anilines is 1. The van der Waals surface area contributed by atoms with Crippen LogP contribution < -0.4 is 19.5 Å². The van der Waals surface area contributed by atoms with Gasteiger partial charge in [0.1, 0.15) is 0 Å². The number of hydrogen-bond donors (Lipinski definition) is 1. The Morgan fingerprint density at radius 3 is 1.79 bits per heavy atom. The summed E-state index contributed by atoms with van der Waals surface area (Å²) in [5.74, 6) is 4.52. The summed E-state index contributed by atoms with van der Waals surface area (Å²) in [6.07, 6.45) is 14.4. The minimum atomic E-state index is 0.618. The van der Waals surface area contributed by atoms with Crippen molar-refractivity contribution in [3.05, 3.63) is 23.8 Å². The Hall–Kier alpha value is -1.84. The topological polar surface area (TPSA) is 39.7 Å². The summed E-state index contributed by atoms with van der Waals surface area (Å²) in [4.78, 5) is 0. The van der Waals surface area contributed by atoms with Gasteiger partial charge in [0.25, 0.3) is 0 Å². The van der Waals surface area contributed by atoms with E-state index in [4.69, 9.17) is 14.2 Å². The second-order valence-corrected chi connectivity index (χ2v) is 10.2. The molecule has 4 heteroatoms. The third kappa shape index (κ3) is 12.3. The fourth-order valence-electron chi connectivity index (χ4n) is 4.34. The van der Waals surface area contributed by atoms with E-state index < -0.39 is 0 Å². The van der Waals surface area contributed by atoms with Crippen molar-refractivity contribution in [2.75, 3.05) is 33.2 Å². The number of hydrogen-bond acceptors (Lipinski definition) is 4. The maximum absolute atomic E-state index is 5.43. The van der Waals surface area contributed by atoms with Crippen molar-refractivity contribution in [1.82, 2.24) is 0 Å². The first-order chi connectivity index (χ1) is 15.8. The normalized spacial score (nSPS) is 13.7. The van der Waals surface area contributed by atoms with Gasteiger partial charge in [-0.25, -0.2) is 0 Å². The zero-order chi connectivity index (χ0) is 24.6. The van der Waals surface area contributed by atoms with Gasteiger partial charge in [-0.2, -0.15) is 0 Å². The number of methoxy groups -OCH3 is 3. The molecule has 0 aliphatic rings. The molecule has 0 radical (unpaired) electrons. The maximum atomic E-state index is 5.43. The third-order valence-electron chi connectivity index (χ3n) is 6.56. The highest BCUT2D eigenvalue weighted by atomic mass is 16.5. The number of ether oxygens (including phenoxy) is 3. The van der Waals surface area contributed by atoms with Gasteiger partial charge in [-0.1, -0.05) is 84.3 Å². The van der Waals surface area contributed by atoms with Crippen LogP contribution in [0.3, 0.4) is 0 Å². The van der Waals surface area contributed by atoms with E-state index in [2.05, 4.69) is 46.0 Å². The van der Waals surface area contributed by atoms with Crippen molar-refractivity contribution in [2.45, 2.75) is 92.4 Å². The molecule has 1 aromatic rings. The lowest BCUT2D eigenvalue weighted by molar-refractivity contribution is 0.324. The molecule has 190 valence electrons. The van der Waals surface area contributed by atoms with E-state index in [1.807, 2.05) is 12.1 Å². The zero-order valence-electron chi connectivity index (χ0n) is 22.8. The molecule has 0 saturated carbocycles. The Bertz CT molecular complexity index is 658. The predicted octanol–water partition coefficient (Wildman–Crippen LogP) is 8.51. The van der Waals surface area contributed by atoms with Crippen molar-refractivity contribution in [2.24, 2.45) is 17.8 Å². The van der Waals surface area contributed by atoms with Crippen LogP contribution in [0.15, 0.2) is 23.8 Å². The van der Waals surface area contributed by atoms with Crippen molar-refractivity contribution >= 4 is 5.69 Å². The first-order valence-corrected chi connectivity index (χ1v) is 13.0. The van der Waals surface area contributed by atoms with Crippen molar-refractivity contribution < 1.29 is 14.2 Å². The van der Waals surface area contributed by atoms with Gasteiger partial charge in [-0.3, -0.25) is 0 Å². The molecule has 0 unspecified atom stereocenters. The van der Waals surface area contributed by atoms with Gasteiger partial charge in [0.05, 0.1) is 21.3 Å². The van der Waals surface area contributed by atoms with Gasteiger partial charge >= 0.3 is 0 Å². The van der Waals surface area contributed by atoms with Crippen LogP contribution in [0.4, 0.5) is 5.69 Å². The van der Waals surface area contributed by atoms with Gasteiger partial charge in [-0.15, -0.1) is 0 Å². The lowest BCUT2D eigenvalue weighted by Crippen LogP contribution is -2.02. The minimum Gasteiger partial charge on any atom is -0.493 e. The van der Waals surface area contributed by atoms with E-state index in [0.29, 0.717) is 17.2 Å². The van der Waals surface area contributed by atoms with Crippen molar-refractivity contribution in [1.29, 1.82) is 0 Å². The zero-order valence-corrected chi connectivity index (χ0v) is 22.8. The second kappa shape index (κ2) is 16.7. The standard InChI is InChI=1S/C29H51NO3/c1-22(2)12-9-13-23(3)14-10-15-24(4)16-11-17-25(5)18-19-30-26-20-27(31-6)29(33-8)28(21-26)32-7/h18,20-24,30H,9-17,19H2,1-8H3/t23-,24-/m1/s1. The molecule has 2 atom stereocenters. The number of nitrogens with one attached hydrogen (secondary N) is 1. The van der Waals surface area contributed by atoms with Gasteiger partial charge < -0.3 is 19.5 Å². The summed E-state index contributed by atoms with van der Waals surface area (Å²) in [7, 11) is 4.90. The molecule has 0 aromatic heterocycles. The van der Waals surface area contributed by atoms with E-state index >= 15 is 0 Å². The highest BCUT2D eigenvalue weighted by molar-refractivity contribution is 5.62. The third-order valence-corrected chi connectivity index (χ3v) is 6.56. The Morgan fingerprint density at radius 1 is 0.788 bits per heavy atom. The number of benzene rings is 1. The monoisotopic (exact) mass is 461 g/mol. The van der Waals surface area contributed by atoms with Crippen LogP contribution >= 0.6 is 0 Å². The van der Waals surface area contributed by atoms with Crippen LogP contribution in [0, 0.1) is 17.8 Å². The molecule has 0 fully saturated rings. The van der Waals surface area contributed by atoms with Gasteiger partial charge in [-0.05, 0) is 37.5 Å². The molecular formula is C29H51NO3. The van der Waals surface area contributed by atoms with Gasteiger partial charge in [0.15, 0.2) is 11.5 Å². The fraction of sp³-hybridized carbons (Fsp3) is 0.724. The Balaban J connectivity index is 2.28. The second-order valence-electron chi connectivity index (χ2n) is 10.2. The average molecular weight is 462 g/mol. The number of allylic oxidation sites excluding steroid dienone is 1. The van der Waals surface area contributed by atoms with E-state index in [-0.39, 0.29) is 0 Å². The minimum absolute atomic E-state index is 0.618. The lowest BCUT2D eigenvalue weighted by atomic mass is 9.91. The fourth-order valence-corrected chi connectivity index (χ4v) is 4.34. The highest BCUT2D eigenvalue weighted by Crippen LogP contribution is 2.39. The van der Waals surface area contributed by atoms with E-state index in [9.17, 15) is 0 Å². The Labute approximate surface area is 204 Å². The molecule has 0 aliphatic carbocycles. The quantitative estimate of drug-likeness (QED) is 0.222. The molecule has 0 amide bonds. The first-order valence-electron chi connectivity index (χ1n) is 13.0. The van der Waals surface area contributed by atoms with E-state index in [1.54, 1.807) is 21.3 Å². The first kappa shape index (κ1) is 29.2. The van der Waals surface area contributed by atoms with Crippen LogP contribution in [-0.2, 0) is 0 Å². The molecule has 1 aromatic carbocycles. The largest absolute Gasteiger partial charge is 0.493 e. The molecule has 33 heavy (non-hydrogen) atoms. The molecule has 0 aliphatic heterocycles. The van der Waals surface area contributed by atoms with Crippen LogP contribution in [0.25, 0.3) is 0 Å². The summed E-state index contributed by atoms with van der Waals surface area (Å²) in [5.41, 5.74) is 2.40. The van der Waals surface area contributed by atoms with Crippen LogP contribution in [0.5, 0.6) is 17.2 Å². The molecular weight excluding hydrogens is 410 g/mol. The molecule has 0 heterocycles. The molecule has 4 nitrogen and oxygen atoms in total. The average Bonchev–Trinajstić information content (AvgIpc) is 2.78. The molecule has 0 bridgehead atoms. The Morgan fingerprint density at radius 2 is 1.30 bits per heavy atom. The Kier molecular flexibility index (Phi) is 14.8. The highest BCUT2D eigenvalue weighted by Gasteiger charge is 2.12. The van der Waals surface area contributed by atoms with Gasteiger partial charge in [0.2, 0.25) is 5.75 Å². The van der Waals surface area contributed by atoms with E-state index in [0.717, 1.165) is 30.0 Å². The summed E-state index contributed by atoms with van der Waals surface area (Å²) in [6, 6.07) is 3.88. The SMILES string of the molecule is COc1cc(NCC=C(C)CCC[C@H](C)CCC[C@H](C)CCCC(C)C)cc(OC)c1OC. The van der Waals surface area contributed by atoms with Crippen LogP contribution in [-0.4, -0.2) is 27.9 Å². The predicted molar refractivity (Wildman–Crippen MR) is 143 cm³/mol. The van der Waals surface area contributed by atoms with E-state index in [1.165, 1.54) is 63.4 Å². The molecule has 0 saturated heterocycles. The van der Waals surface area contributed by atoms with Gasteiger partial charge in [0, 0.05) is 24.4 Å². The van der Waals surface area contributed by atoms with Crippen molar-refractivity contribution in [3.63, 3.8) is 0 Å².